The molecule has 2 aromatic carbocycles. The number of phenols is 1. The Morgan fingerprint density at radius 3 is 2.61 bits per heavy atom. The second kappa shape index (κ2) is 8.96. The third-order valence-electron chi connectivity index (χ3n) is 6.39. The molecule has 2 atom stereocenters. The van der Waals surface area contributed by atoms with Crippen molar-refractivity contribution in [2.45, 2.75) is 52.5 Å². The van der Waals surface area contributed by atoms with E-state index in [1.54, 1.807) is 12.1 Å². The standard InChI is InChI=1S/C26H31N3O2/c1-17-13-21(30)14-18(2)22(17)15-19(3)26(31)29-12-8-7-11-24(29)25-27-16-23(28-25)20-9-5-4-6-10-20/h4-6,9-10,13-14,16,19,24,30H,7-8,11-12,15H2,1-3H3,(H,27,28). The summed E-state index contributed by atoms with van der Waals surface area (Å²) in [5.74, 6) is 1.19. The number of piperidine rings is 1. The minimum atomic E-state index is -0.133. The Hall–Kier alpha value is -3.08. The van der Waals surface area contributed by atoms with Crippen molar-refractivity contribution in [2.75, 3.05) is 6.54 Å². The van der Waals surface area contributed by atoms with Gasteiger partial charge in [0.1, 0.15) is 11.6 Å². The predicted octanol–water partition coefficient (Wildman–Crippen LogP) is 5.33. The third kappa shape index (κ3) is 4.50. The largest absolute Gasteiger partial charge is 0.508 e. The van der Waals surface area contributed by atoms with E-state index in [1.807, 2.05) is 50.1 Å². The summed E-state index contributed by atoms with van der Waals surface area (Å²) in [5, 5.41) is 9.83. The van der Waals surface area contributed by atoms with Crippen LogP contribution in [0.4, 0.5) is 0 Å². The van der Waals surface area contributed by atoms with E-state index in [9.17, 15) is 9.90 Å². The highest BCUT2D eigenvalue weighted by atomic mass is 16.3. The molecule has 1 aromatic heterocycles. The van der Waals surface area contributed by atoms with Crippen LogP contribution in [0.2, 0.25) is 0 Å². The van der Waals surface area contributed by atoms with Gasteiger partial charge in [0, 0.05) is 12.5 Å². The van der Waals surface area contributed by atoms with Gasteiger partial charge in [-0.25, -0.2) is 4.98 Å². The van der Waals surface area contributed by atoms with Gasteiger partial charge in [0.05, 0.1) is 17.9 Å². The third-order valence-corrected chi connectivity index (χ3v) is 6.39. The van der Waals surface area contributed by atoms with Crippen LogP contribution in [-0.2, 0) is 11.2 Å². The molecule has 3 aromatic rings. The first-order valence-corrected chi connectivity index (χ1v) is 11.1. The molecule has 0 bridgehead atoms. The van der Waals surface area contributed by atoms with Gasteiger partial charge in [-0.15, -0.1) is 0 Å². The number of likely N-dealkylation sites (tertiary alicyclic amines) is 1. The number of rotatable bonds is 5. The summed E-state index contributed by atoms with van der Waals surface area (Å²) in [6.45, 7) is 6.77. The van der Waals surface area contributed by atoms with Crippen LogP contribution in [0.1, 0.15) is 54.7 Å². The van der Waals surface area contributed by atoms with Crippen molar-refractivity contribution in [3.63, 3.8) is 0 Å². The fourth-order valence-electron chi connectivity index (χ4n) is 4.72. The van der Waals surface area contributed by atoms with Gasteiger partial charge in [0.25, 0.3) is 0 Å². The number of H-pyrrole nitrogens is 1. The maximum absolute atomic E-state index is 13.5. The number of aromatic hydroxyl groups is 1. The molecule has 1 aliphatic rings. The number of carbonyl (C=O) groups is 1. The molecule has 31 heavy (non-hydrogen) atoms. The Labute approximate surface area is 184 Å². The topological polar surface area (TPSA) is 69.2 Å². The molecule has 1 saturated heterocycles. The number of nitrogens with one attached hydrogen (secondary N) is 1. The second-order valence-corrected chi connectivity index (χ2v) is 8.75. The van der Waals surface area contributed by atoms with Crippen LogP contribution in [-0.4, -0.2) is 32.4 Å². The smallest absolute Gasteiger partial charge is 0.226 e. The lowest BCUT2D eigenvalue weighted by Crippen LogP contribution is -2.42. The first-order valence-electron chi connectivity index (χ1n) is 11.1. The molecule has 2 heterocycles. The normalized spacial score (nSPS) is 17.5. The number of imidazole rings is 1. The maximum Gasteiger partial charge on any atom is 0.226 e. The molecule has 2 unspecified atom stereocenters. The summed E-state index contributed by atoms with van der Waals surface area (Å²) in [6.07, 6.45) is 5.60. The van der Waals surface area contributed by atoms with E-state index in [0.29, 0.717) is 6.42 Å². The van der Waals surface area contributed by atoms with Crippen LogP contribution in [0.25, 0.3) is 11.3 Å². The monoisotopic (exact) mass is 417 g/mol. The number of aryl methyl sites for hydroxylation is 2. The summed E-state index contributed by atoms with van der Waals surface area (Å²) >= 11 is 0. The molecule has 162 valence electrons. The molecule has 5 heteroatoms. The fraction of sp³-hybridized carbons (Fsp3) is 0.385. The number of benzene rings is 2. The highest BCUT2D eigenvalue weighted by molar-refractivity contribution is 5.79. The lowest BCUT2D eigenvalue weighted by molar-refractivity contribution is -0.139. The van der Waals surface area contributed by atoms with E-state index in [1.165, 1.54) is 0 Å². The van der Waals surface area contributed by atoms with E-state index in [4.69, 9.17) is 0 Å². The first-order chi connectivity index (χ1) is 14.9. The van der Waals surface area contributed by atoms with Gasteiger partial charge >= 0.3 is 0 Å². The minimum absolute atomic E-state index is 0.0110. The number of aromatic nitrogens is 2. The van der Waals surface area contributed by atoms with Crippen LogP contribution in [0.15, 0.2) is 48.7 Å². The predicted molar refractivity (Wildman–Crippen MR) is 123 cm³/mol. The minimum Gasteiger partial charge on any atom is -0.508 e. The number of phenolic OH excluding ortho intramolecular Hbond substituents is 1. The molecule has 5 nitrogen and oxygen atoms in total. The fourth-order valence-corrected chi connectivity index (χ4v) is 4.72. The van der Waals surface area contributed by atoms with E-state index >= 15 is 0 Å². The molecular weight excluding hydrogens is 386 g/mol. The van der Waals surface area contributed by atoms with Crippen LogP contribution >= 0.6 is 0 Å². The number of amides is 1. The van der Waals surface area contributed by atoms with Gasteiger partial charge in [-0.3, -0.25) is 4.79 Å². The SMILES string of the molecule is Cc1cc(O)cc(C)c1CC(C)C(=O)N1CCCCC1c1ncc(-c2ccccc2)[nH]1. The Kier molecular flexibility index (Phi) is 6.12. The van der Waals surface area contributed by atoms with Crippen molar-refractivity contribution >= 4 is 5.91 Å². The molecule has 2 N–H and O–H groups in total. The molecule has 1 aliphatic heterocycles. The van der Waals surface area contributed by atoms with Crippen LogP contribution in [0, 0.1) is 19.8 Å². The Balaban J connectivity index is 1.53. The summed E-state index contributed by atoms with van der Waals surface area (Å²) in [6, 6.07) is 13.7. The zero-order valence-electron chi connectivity index (χ0n) is 18.6. The van der Waals surface area contributed by atoms with Gasteiger partial charge in [0.15, 0.2) is 0 Å². The van der Waals surface area contributed by atoms with Crippen LogP contribution < -0.4 is 0 Å². The Morgan fingerprint density at radius 1 is 1.19 bits per heavy atom. The van der Waals surface area contributed by atoms with Gasteiger partial charge in [-0.2, -0.15) is 0 Å². The van der Waals surface area contributed by atoms with E-state index in [0.717, 1.165) is 59.6 Å². The van der Waals surface area contributed by atoms with Crippen LogP contribution in [0.5, 0.6) is 5.75 Å². The van der Waals surface area contributed by atoms with Crippen molar-refractivity contribution in [1.82, 2.24) is 14.9 Å². The molecule has 0 spiro atoms. The number of nitrogens with zero attached hydrogens (tertiary/aromatic N) is 2. The zero-order chi connectivity index (χ0) is 22.0. The van der Waals surface area contributed by atoms with Crippen molar-refractivity contribution < 1.29 is 9.90 Å². The highest BCUT2D eigenvalue weighted by Gasteiger charge is 2.32. The molecule has 0 saturated carbocycles. The van der Waals surface area contributed by atoms with Gasteiger partial charge in [-0.05, 0) is 73.9 Å². The molecule has 4 rings (SSSR count). The number of hydrogen-bond acceptors (Lipinski definition) is 3. The lowest BCUT2D eigenvalue weighted by Gasteiger charge is -2.36. The molecule has 1 amide bonds. The molecule has 0 radical (unpaired) electrons. The van der Waals surface area contributed by atoms with Crippen molar-refractivity contribution in [3.8, 4) is 17.0 Å². The maximum atomic E-state index is 13.5. The average molecular weight is 418 g/mol. The highest BCUT2D eigenvalue weighted by Crippen LogP contribution is 2.33. The quantitative estimate of drug-likeness (QED) is 0.589. The number of carbonyl (C=O) groups excluding carboxylic acids is 1. The second-order valence-electron chi connectivity index (χ2n) is 8.75. The van der Waals surface area contributed by atoms with Gasteiger partial charge in [-0.1, -0.05) is 37.3 Å². The first kappa shape index (κ1) is 21.2. The molecule has 0 aliphatic carbocycles. The average Bonchev–Trinajstić information content (AvgIpc) is 3.26. The van der Waals surface area contributed by atoms with Gasteiger partial charge in [0.2, 0.25) is 5.91 Å². The number of hydrogen-bond donors (Lipinski definition) is 2. The van der Waals surface area contributed by atoms with E-state index in [2.05, 4.69) is 22.1 Å². The number of aromatic amines is 1. The van der Waals surface area contributed by atoms with Crippen molar-refractivity contribution in [1.29, 1.82) is 0 Å². The molecule has 1 fully saturated rings. The lowest BCUT2D eigenvalue weighted by atomic mass is 9.91. The zero-order valence-corrected chi connectivity index (χ0v) is 18.6. The van der Waals surface area contributed by atoms with E-state index < -0.39 is 0 Å². The van der Waals surface area contributed by atoms with Crippen molar-refractivity contribution in [2.24, 2.45) is 5.92 Å². The summed E-state index contributed by atoms with van der Waals surface area (Å²) in [4.78, 5) is 23.6. The van der Waals surface area contributed by atoms with Gasteiger partial charge < -0.3 is 15.0 Å². The Bertz CT molecular complexity index is 1030. The molecular formula is C26H31N3O2. The van der Waals surface area contributed by atoms with E-state index in [-0.39, 0.29) is 23.6 Å². The van der Waals surface area contributed by atoms with Crippen LogP contribution in [0.3, 0.4) is 0 Å². The Morgan fingerprint density at radius 2 is 1.90 bits per heavy atom. The summed E-state index contributed by atoms with van der Waals surface area (Å²) in [7, 11) is 0. The van der Waals surface area contributed by atoms with Crippen molar-refractivity contribution in [3.05, 3.63) is 71.2 Å². The summed E-state index contributed by atoms with van der Waals surface area (Å²) < 4.78 is 0. The summed E-state index contributed by atoms with van der Waals surface area (Å²) in [5.41, 5.74) is 5.30.